The van der Waals surface area contributed by atoms with Gasteiger partial charge in [-0.1, -0.05) is 36.6 Å². The van der Waals surface area contributed by atoms with Gasteiger partial charge in [-0.3, -0.25) is 4.90 Å². The Bertz CT molecular complexity index is 449. The molecule has 1 aromatic rings. The summed E-state index contributed by atoms with van der Waals surface area (Å²) in [4.78, 5) is 2.41. The maximum absolute atomic E-state index is 14.3. The minimum Gasteiger partial charge on any atom is -0.314 e. The molecule has 0 radical (unpaired) electrons. The molecule has 1 saturated carbocycles. The number of rotatable bonds is 4. The van der Waals surface area contributed by atoms with Crippen LogP contribution in [0.1, 0.15) is 30.9 Å². The lowest BCUT2D eigenvalue weighted by atomic mass is 9.98. The van der Waals surface area contributed by atoms with Crippen molar-refractivity contribution in [3.63, 3.8) is 0 Å². The zero-order chi connectivity index (χ0) is 13.2. The maximum Gasteiger partial charge on any atom is 0.146 e. The summed E-state index contributed by atoms with van der Waals surface area (Å²) in [5.74, 6) is 0.548. The van der Waals surface area contributed by atoms with E-state index in [0.29, 0.717) is 0 Å². The van der Waals surface area contributed by atoms with E-state index in [-0.39, 0.29) is 41.7 Å². The van der Waals surface area contributed by atoms with E-state index in [4.69, 9.17) is 11.6 Å². The minimum absolute atomic E-state index is 0. The molecule has 120 valence electrons. The first-order chi connectivity index (χ1) is 9.25. The molecule has 1 atom stereocenters. The Kier molecular flexibility index (Phi) is 7.72. The van der Waals surface area contributed by atoms with Crippen LogP contribution in [-0.2, 0) is 0 Å². The van der Waals surface area contributed by atoms with Crippen molar-refractivity contribution < 1.29 is 4.39 Å². The lowest BCUT2D eigenvalue weighted by Gasteiger charge is -2.35. The Hall–Kier alpha value is -0.0600. The second kappa shape index (κ2) is 8.54. The van der Waals surface area contributed by atoms with Crippen LogP contribution >= 0.6 is 36.4 Å². The first kappa shape index (κ1) is 19.0. The van der Waals surface area contributed by atoms with Gasteiger partial charge in [0.15, 0.2) is 0 Å². The molecule has 6 heteroatoms. The van der Waals surface area contributed by atoms with Crippen molar-refractivity contribution in [2.24, 2.45) is 5.92 Å². The van der Waals surface area contributed by atoms with E-state index in [2.05, 4.69) is 10.2 Å². The van der Waals surface area contributed by atoms with Crippen molar-refractivity contribution in [2.45, 2.75) is 25.3 Å². The molecule has 1 N–H and O–H groups in total. The summed E-state index contributed by atoms with van der Waals surface area (Å²) in [5, 5.41) is 3.60. The molecule has 1 saturated heterocycles. The predicted octanol–water partition coefficient (Wildman–Crippen LogP) is 4.07. The minimum atomic E-state index is -0.228. The van der Waals surface area contributed by atoms with E-state index < -0.39 is 0 Å². The summed E-state index contributed by atoms with van der Waals surface area (Å²) in [6.45, 7) is 3.96. The SMILES string of the molecule is Cl.Cl.Fc1c(Cl)cccc1[C@@H](CC1CC1)N1CCNCC1. The fraction of sp³-hybridized carbons (Fsp3) is 0.600. The van der Waals surface area contributed by atoms with Crippen LogP contribution in [0.3, 0.4) is 0 Å². The van der Waals surface area contributed by atoms with Crippen LogP contribution < -0.4 is 5.32 Å². The maximum atomic E-state index is 14.3. The second-order valence-electron chi connectivity index (χ2n) is 5.62. The van der Waals surface area contributed by atoms with Crippen LogP contribution in [0.2, 0.25) is 5.02 Å². The monoisotopic (exact) mass is 354 g/mol. The Balaban J connectivity index is 0.00000110. The van der Waals surface area contributed by atoms with E-state index in [1.54, 1.807) is 6.07 Å². The van der Waals surface area contributed by atoms with Crippen LogP contribution in [0.4, 0.5) is 4.39 Å². The van der Waals surface area contributed by atoms with Gasteiger partial charge in [0.05, 0.1) is 5.02 Å². The average molecular weight is 356 g/mol. The first-order valence-corrected chi connectivity index (χ1v) is 7.52. The van der Waals surface area contributed by atoms with Gasteiger partial charge in [0.1, 0.15) is 5.82 Å². The van der Waals surface area contributed by atoms with Crippen LogP contribution in [0, 0.1) is 11.7 Å². The van der Waals surface area contributed by atoms with Gasteiger partial charge in [-0.2, -0.15) is 0 Å². The highest BCUT2D eigenvalue weighted by Crippen LogP contribution is 2.41. The molecule has 0 unspecified atom stereocenters. The number of hydrogen-bond donors (Lipinski definition) is 1. The molecule has 21 heavy (non-hydrogen) atoms. The number of nitrogens with one attached hydrogen (secondary N) is 1. The van der Waals surface area contributed by atoms with Gasteiger partial charge in [0.25, 0.3) is 0 Å². The van der Waals surface area contributed by atoms with E-state index in [1.165, 1.54) is 12.8 Å². The quantitative estimate of drug-likeness (QED) is 0.876. The topological polar surface area (TPSA) is 15.3 Å². The lowest BCUT2D eigenvalue weighted by Crippen LogP contribution is -2.45. The van der Waals surface area contributed by atoms with Crippen molar-refractivity contribution in [2.75, 3.05) is 26.2 Å². The van der Waals surface area contributed by atoms with Gasteiger partial charge in [-0.25, -0.2) is 4.39 Å². The number of halogens is 4. The number of benzene rings is 1. The highest BCUT2D eigenvalue weighted by atomic mass is 35.5. The van der Waals surface area contributed by atoms with E-state index in [1.807, 2.05) is 12.1 Å². The van der Waals surface area contributed by atoms with Gasteiger partial charge < -0.3 is 5.32 Å². The summed E-state index contributed by atoms with van der Waals surface area (Å²) in [5.41, 5.74) is 0.779. The molecule has 2 aliphatic rings. The van der Waals surface area contributed by atoms with E-state index in [0.717, 1.165) is 44.1 Å². The predicted molar refractivity (Wildman–Crippen MR) is 90.4 cm³/mol. The number of nitrogens with zero attached hydrogens (tertiary/aromatic N) is 1. The van der Waals surface area contributed by atoms with Crippen molar-refractivity contribution in [3.05, 3.63) is 34.6 Å². The molecule has 1 aromatic carbocycles. The fourth-order valence-corrected chi connectivity index (χ4v) is 3.10. The first-order valence-electron chi connectivity index (χ1n) is 7.14. The van der Waals surface area contributed by atoms with Crippen molar-refractivity contribution in [1.82, 2.24) is 10.2 Å². The Labute approximate surface area is 143 Å². The third-order valence-corrected chi connectivity index (χ3v) is 4.48. The van der Waals surface area contributed by atoms with Crippen LogP contribution in [0.15, 0.2) is 18.2 Å². The Morgan fingerprint density at radius 2 is 1.90 bits per heavy atom. The normalized spacial score (nSPS) is 20.3. The highest BCUT2D eigenvalue weighted by Gasteiger charge is 2.32. The largest absolute Gasteiger partial charge is 0.314 e. The second-order valence-corrected chi connectivity index (χ2v) is 6.03. The molecule has 0 spiro atoms. The Morgan fingerprint density at radius 3 is 2.52 bits per heavy atom. The van der Waals surface area contributed by atoms with Gasteiger partial charge in [-0.15, -0.1) is 24.8 Å². The standard InChI is InChI=1S/C15H20ClFN2.2ClH/c16-13-3-1-2-12(15(13)17)14(10-11-4-5-11)19-8-6-18-7-9-19;;/h1-3,11,14,18H,4-10H2;2*1H/t14-;;/m1../s1. The van der Waals surface area contributed by atoms with Crippen molar-refractivity contribution in [1.29, 1.82) is 0 Å². The highest BCUT2D eigenvalue weighted by molar-refractivity contribution is 6.30. The fourth-order valence-electron chi connectivity index (χ4n) is 2.91. The zero-order valence-electron chi connectivity index (χ0n) is 11.9. The van der Waals surface area contributed by atoms with Gasteiger partial charge in [-0.05, 0) is 18.4 Å². The van der Waals surface area contributed by atoms with Crippen LogP contribution in [-0.4, -0.2) is 31.1 Å². The van der Waals surface area contributed by atoms with Gasteiger partial charge >= 0.3 is 0 Å². The van der Waals surface area contributed by atoms with Crippen LogP contribution in [0.5, 0.6) is 0 Å². The average Bonchev–Trinajstić information content (AvgIpc) is 3.25. The Morgan fingerprint density at radius 1 is 1.24 bits per heavy atom. The summed E-state index contributed by atoms with van der Waals surface area (Å²) in [6.07, 6.45) is 3.66. The third kappa shape index (κ3) is 4.70. The van der Waals surface area contributed by atoms with E-state index >= 15 is 0 Å². The molecule has 0 amide bonds. The third-order valence-electron chi connectivity index (χ3n) is 4.19. The van der Waals surface area contributed by atoms with Crippen molar-refractivity contribution in [3.8, 4) is 0 Å². The molecule has 0 aromatic heterocycles. The molecule has 1 heterocycles. The van der Waals surface area contributed by atoms with Gasteiger partial charge in [0, 0.05) is 37.8 Å². The molecule has 2 fully saturated rings. The molecular weight excluding hydrogens is 334 g/mol. The summed E-state index contributed by atoms with van der Waals surface area (Å²) in [6, 6.07) is 5.58. The molecule has 1 aliphatic heterocycles. The number of hydrogen-bond acceptors (Lipinski definition) is 2. The molecule has 0 bridgehead atoms. The van der Waals surface area contributed by atoms with Gasteiger partial charge in [0.2, 0.25) is 0 Å². The summed E-state index contributed by atoms with van der Waals surface area (Å²) < 4.78 is 14.3. The number of piperazine rings is 1. The molecule has 3 rings (SSSR count). The molecule has 1 aliphatic carbocycles. The van der Waals surface area contributed by atoms with E-state index in [9.17, 15) is 4.39 Å². The van der Waals surface area contributed by atoms with Crippen LogP contribution in [0.25, 0.3) is 0 Å². The molecular formula is C15H22Cl3FN2. The molecule has 2 nitrogen and oxygen atoms in total. The zero-order valence-corrected chi connectivity index (χ0v) is 14.2. The lowest BCUT2D eigenvalue weighted by molar-refractivity contribution is 0.157. The van der Waals surface area contributed by atoms with Crippen molar-refractivity contribution >= 4 is 36.4 Å². The smallest absolute Gasteiger partial charge is 0.146 e. The summed E-state index contributed by atoms with van der Waals surface area (Å²) >= 11 is 5.94. The summed E-state index contributed by atoms with van der Waals surface area (Å²) in [7, 11) is 0.